The molecule has 1 heterocycles. The molecular weight excluding hydrogens is 326 g/mol. The summed E-state index contributed by atoms with van der Waals surface area (Å²) in [5, 5.41) is 7.54. The molecule has 1 aromatic heterocycles. The molecule has 24 heavy (non-hydrogen) atoms. The van der Waals surface area contributed by atoms with Crippen molar-refractivity contribution in [2.45, 2.75) is 38.6 Å². The zero-order valence-electron chi connectivity index (χ0n) is 14.5. The van der Waals surface area contributed by atoms with E-state index in [0.29, 0.717) is 17.8 Å². The molecule has 0 aliphatic rings. The van der Waals surface area contributed by atoms with Crippen molar-refractivity contribution in [2.24, 2.45) is 0 Å². The average Bonchev–Trinajstić information content (AvgIpc) is 2.80. The van der Waals surface area contributed by atoms with E-state index in [-0.39, 0.29) is 10.7 Å². The fourth-order valence-corrected chi connectivity index (χ4v) is 3.41. The molecule has 0 saturated carbocycles. The normalized spacial score (nSPS) is 11.5. The Balaban J connectivity index is 2.09. The van der Waals surface area contributed by atoms with Gasteiger partial charge in [0.25, 0.3) is 0 Å². The first-order valence-corrected chi connectivity index (χ1v) is 9.67. The molecule has 1 aromatic carbocycles. The minimum Gasteiger partial charge on any atom is -0.384 e. The third-order valence-electron chi connectivity index (χ3n) is 3.75. The quantitative estimate of drug-likeness (QED) is 0.614. The fourth-order valence-electron chi connectivity index (χ4n) is 2.56. The van der Waals surface area contributed by atoms with Crippen molar-refractivity contribution in [1.82, 2.24) is 9.78 Å². The summed E-state index contributed by atoms with van der Waals surface area (Å²) >= 11 is 0. The molecule has 0 aliphatic carbocycles. The van der Waals surface area contributed by atoms with Crippen molar-refractivity contribution in [1.29, 1.82) is 0 Å². The zero-order chi connectivity index (χ0) is 17.9. The van der Waals surface area contributed by atoms with Crippen LogP contribution >= 0.6 is 0 Å². The highest BCUT2D eigenvalue weighted by Crippen LogP contribution is 2.23. The van der Waals surface area contributed by atoms with Crippen molar-refractivity contribution in [3.63, 3.8) is 0 Å². The summed E-state index contributed by atoms with van der Waals surface area (Å²) in [6, 6.07) is 6.64. The number of aromatic nitrogens is 2. The van der Waals surface area contributed by atoms with Crippen LogP contribution < -0.4 is 5.32 Å². The van der Waals surface area contributed by atoms with Gasteiger partial charge in [0.1, 0.15) is 0 Å². The first-order chi connectivity index (χ1) is 11.2. The molecule has 2 aromatic rings. The second kappa shape index (κ2) is 7.17. The maximum atomic E-state index is 11.9. The SMILES string of the molecule is CC(=O)c1ccc(S(C)(=O)=O)c(NCCCn2nc(C)cc2C)c1. The van der Waals surface area contributed by atoms with E-state index in [1.54, 1.807) is 12.1 Å². The Morgan fingerprint density at radius 1 is 1.25 bits per heavy atom. The largest absolute Gasteiger partial charge is 0.384 e. The van der Waals surface area contributed by atoms with Gasteiger partial charge in [0.2, 0.25) is 0 Å². The van der Waals surface area contributed by atoms with Gasteiger partial charge in [-0.15, -0.1) is 0 Å². The van der Waals surface area contributed by atoms with E-state index in [4.69, 9.17) is 0 Å². The Kier molecular flexibility index (Phi) is 5.43. The standard InChI is InChI=1S/C17H23N3O3S/c1-12-10-13(2)20(19-12)9-5-8-18-16-11-15(14(3)21)6-7-17(16)24(4,22)23/h6-7,10-11,18H,5,8-9H2,1-4H3. The molecule has 7 heteroatoms. The average molecular weight is 349 g/mol. The van der Waals surface area contributed by atoms with Crippen LogP contribution in [-0.2, 0) is 16.4 Å². The van der Waals surface area contributed by atoms with E-state index in [1.807, 2.05) is 24.6 Å². The molecule has 0 atom stereocenters. The van der Waals surface area contributed by atoms with E-state index >= 15 is 0 Å². The molecule has 0 fully saturated rings. The molecule has 0 bridgehead atoms. The number of carbonyl (C=O) groups is 1. The van der Waals surface area contributed by atoms with Crippen molar-refractivity contribution < 1.29 is 13.2 Å². The third-order valence-corrected chi connectivity index (χ3v) is 4.91. The summed E-state index contributed by atoms with van der Waals surface area (Å²) < 4.78 is 25.7. The second-order valence-corrected chi connectivity index (χ2v) is 7.95. The predicted octanol–water partition coefficient (Wildman–Crippen LogP) is 2.61. The van der Waals surface area contributed by atoms with Crippen LogP contribution in [0, 0.1) is 13.8 Å². The number of benzene rings is 1. The van der Waals surface area contributed by atoms with E-state index in [2.05, 4.69) is 10.4 Å². The van der Waals surface area contributed by atoms with Gasteiger partial charge >= 0.3 is 0 Å². The van der Waals surface area contributed by atoms with Crippen LogP contribution in [0.25, 0.3) is 0 Å². The number of nitrogens with zero attached hydrogens (tertiary/aromatic N) is 2. The Morgan fingerprint density at radius 2 is 1.96 bits per heavy atom. The highest BCUT2D eigenvalue weighted by Gasteiger charge is 2.15. The van der Waals surface area contributed by atoms with E-state index in [0.717, 1.165) is 30.6 Å². The predicted molar refractivity (Wildman–Crippen MR) is 94.4 cm³/mol. The number of sulfone groups is 1. The number of nitrogens with one attached hydrogen (secondary N) is 1. The molecule has 6 nitrogen and oxygen atoms in total. The van der Waals surface area contributed by atoms with E-state index in [1.165, 1.54) is 13.0 Å². The summed E-state index contributed by atoms with van der Waals surface area (Å²) in [7, 11) is -3.36. The van der Waals surface area contributed by atoms with Gasteiger partial charge in [-0.3, -0.25) is 9.48 Å². The molecule has 0 saturated heterocycles. The maximum Gasteiger partial charge on any atom is 0.177 e. The Labute approximate surface area is 142 Å². The second-order valence-electron chi connectivity index (χ2n) is 5.97. The monoisotopic (exact) mass is 349 g/mol. The van der Waals surface area contributed by atoms with Crippen LogP contribution in [0.4, 0.5) is 5.69 Å². The molecule has 0 aliphatic heterocycles. The Bertz CT molecular complexity index is 854. The van der Waals surface area contributed by atoms with Gasteiger partial charge in [-0.2, -0.15) is 5.10 Å². The van der Waals surface area contributed by atoms with Crippen molar-refractivity contribution in [3.8, 4) is 0 Å². The van der Waals surface area contributed by atoms with Crippen LogP contribution in [0.3, 0.4) is 0 Å². The van der Waals surface area contributed by atoms with Gasteiger partial charge in [-0.25, -0.2) is 8.42 Å². The van der Waals surface area contributed by atoms with Crippen LogP contribution in [-0.4, -0.2) is 36.8 Å². The summed E-state index contributed by atoms with van der Waals surface area (Å²) in [5.74, 6) is -0.0965. The number of hydrogen-bond acceptors (Lipinski definition) is 5. The molecule has 2 rings (SSSR count). The fraction of sp³-hybridized carbons (Fsp3) is 0.412. The van der Waals surface area contributed by atoms with Crippen molar-refractivity contribution >= 4 is 21.3 Å². The van der Waals surface area contributed by atoms with Gasteiger partial charge in [0, 0.05) is 30.6 Å². The molecule has 0 unspecified atom stereocenters. The molecule has 130 valence electrons. The molecule has 0 radical (unpaired) electrons. The minimum absolute atomic E-state index is 0.0965. The Hall–Kier alpha value is -2.15. The van der Waals surface area contributed by atoms with Crippen molar-refractivity contribution in [2.75, 3.05) is 18.1 Å². The first kappa shape index (κ1) is 18.2. The van der Waals surface area contributed by atoms with Crippen LogP contribution in [0.2, 0.25) is 0 Å². The highest BCUT2D eigenvalue weighted by atomic mass is 32.2. The third kappa shape index (κ3) is 4.44. The molecule has 0 spiro atoms. The zero-order valence-corrected chi connectivity index (χ0v) is 15.3. The number of hydrogen-bond donors (Lipinski definition) is 1. The van der Waals surface area contributed by atoms with Crippen molar-refractivity contribution in [3.05, 3.63) is 41.2 Å². The lowest BCUT2D eigenvalue weighted by molar-refractivity contribution is 0.101. The summed E-state index contributed by atoms with van der Waals surface area (Å²) in [6.45, 7) is 6.75. The minimum atomic E-state index is -3.36. The maximum absolute atomic E-state index is 11.9. The number of ketones is 1. The number of Topliss-reactive ketones (excluding diaryl/α,β-unsaturated/α-hetero) is 1. The number of anilines is 1. The summed E-state index contributed by atoms with van der Waals surface area (Å²) in [4.78, 5) is 11.7. The molecule has 1 N–H and O–H groups in total. The van der Waals surface area contributed by atoms with E-state index in [9.17, 15) is 13.2 Å². The van der Waals surface area contributed by atoms with Crippen LogP contribution in [0.5, 0.6) is 0 Å². The first-order valence-electron chi connectivity index (χ1n) is 7.78. The molecule has 0 amide bonds. The lowest BCUT2D eigenvalue weighted by Crippen LogP contribution is -2.12. The topological polar surface area (TPSA) is 81.1 Å². The Morgan fingerprint density at radius 3 is 2.50 bits per heavy atom. The summed E-state index contributed by atoms with van der Waals surface area (Å²) in [5.41, 5.74) is 3.04. The van der Waals surface area contributed by atoms with Gasteiger partial charge in [-0.05, 0) is 51.5 Å². The van der Waals surface area contributed by atoms with Gasteiger partial charge in [-0.1, -0.05) is 0 Å². The number of carbonyl (C=O) groups excluding carboxylic acids is 1. The summed E-state index contributed by atoms with van der Waals surface area (Å²) in [6.07, 6.45) is 1.95. The van der Waals surface area contributed by atoms with Gasteiger partial charge in [0.15, 0.2) is 15.6 Å². The van der Waals surface area contributed by atoms with Crippen LogP contribution in [0.1, 0.15) is 35.1 Å². The smallest absolute Gasteiger partial charge is 0.177 e. The van der Waals surface area contributed by atoms with Gasteiger partial charge < -0.3 is 5.32 Å². The lowest BCUT2D eigenvalue weighted by atomic mass is 10.1. The van der Waals surface area contributed by atoms with Crippen LogP contribution in [0.15, 0.2) is 29.2 Å². The van der Waals surface area contributed by atoms with E-state index < -0.39 is 9.84 Å². The van der Waals surface area contributed by atoms with Gasteiger partial charge in [0.05, 0.1) is 16.3 Å². The molecular formula is C17H23N3O3S. The number of rotatable bonds is 7. The lowest BCUT2D eigenvalue weighted by Gasteiger charge is -2.12. The number of aryl methyl sites for hydroxylation is 3. The highest BCUT2D eigenvalue weighted by molar-refractivity contribution is 7.90.